The molecule has 0 fully saturated rings. The number of nitrogens with two attached hydrogens (primary N) is 1. The number of aromatic nitrogens is 2. The fraction of sp³-hybridized carbons (Fsp3) is 0.182. The van der Waals surface area contributed by atoms with E-state index in [-0.39, 0.29) is 6.61 Å². The van der Waals surface area contributed by atoms with Crippen molar-refractivity contribution in [3.63, 3.8) is 0 Å². The fourth-order valence-corrected chi connectivity index (χ4v) is 3.69. The number of carbonyl (C=O) groups excluding carboxylic acids is 1. The van der Waals surface area contributed by atoms with Crippen molar-refractivity contribution >= 4 is 17.7 Å². The third-order valence-electron chi connectivity index (χ3n) is 5.07. The minimum Gasteiger partial charge on any atom is -0.392 e. The number of aliphatic hydroxyl groups excluding tert-OH is 1. The summed E-state index contributed by atoms with van der Waals surface area (Å²) in [6, 6.07) is 14.1. The third-order valence-corrected chi connectivity index (χ3v) is 5.07. The Hall–Kier alpha value is -3.38. The van der Waals surface area contributed by atoms with Gasteiger partial charge in [0.15, 0.2) is 5.69 Å². The van der Waals surface area contributed by atoms with Gasteiger partial charge in [-0.25, -0.2) is 4.68 Å². The van der Waals surface area contributed by atoms with Gasteiger partial charge in [-0.1, -0.05) is 30.4 Å². The van der Waals surface area contributed by atoms with Gasteiger partial charge in [-0.3, -0.25) is 4.79 Å². The lowest BCUT2D eigenvalue weighted by molar-refractivity contribution is 0.0994. The number of nitrogens with zero attached hydrogens (tertiary/aromatic N) is 2. The van der Waals surface area contributed by atoms with Crippen molar-refractivity contribution in [3.05, 3.63) is 70.9 Å². The van der Waals surface area contributed by atoms with E-state index in [9.17, 15) is 4.79 Å². The van der Waals surface area contributed by atoms with Crippen LogP contribution in [0.15, 0.2) is 48.5 Å². The minimum atomic E-state index is -0.509. The Balaban J connectivity index is 1.89. The molecule has 6 nitrogen and oxygen atoms in total. The highest BCUT2D eigenvalue weighted by atomic mass is 16.2. The molecule has 0 saturated carbocycles. The lowest BCUT2D eigenvalue weighted by Gasteiger charge is -2.20. The second-order valence-electron chi connectivity index (χ2n) is 6.75. The Morgan fingerprint density at radius 2 is 2.04 bits per heavy atom. The highest BCUT2D eigenvalue weighted by Gasteiger charge is 2.28. The van der Waals surface area contributed by atoms with Crippen molar-refractivity contribution in [2.24, 2.45) is 5.73 Å². The first-order valence-electron chi connectivity index (χ1n) is 9.23. The summed E-state index contributed by atoms with van der Waals surface area (Å²) in [5, 5.41) is 16.7. The molecule has 0 atom stereocenters. The maximum Gasteiger partial charge on any atom is 0.269 e. The zero-order chi connectivity index (χ0) is 19.7. The number of carbonyl (C=O) groups is 1. The number of rotatable bonds is 5. The molecule has 0 spiro atoms. The molecule has 1 aromatic heterocycles. The van der Waals surface area contributed by atoms with E-state index >= 15 is 0 Å². The summed E-state index contributed by atoms with van der Waals surface area (Å²) in [6.07, 6.45) is 5.12. The molecule has 1 aliphatic carbocycles. The average Bonchev–Trinajstić information content (AvgIpc) is 3.12. The maximum absolute atomic E-state index is 12.0. The zero-order valence-electron chi connectivity index (χ0n) is 15.6. The number of amides is 1. The van der Waals surface area contributed by atoms with Crippen LogP contribution in [0.2, 0.25) is 0 Å². The van der Waals surface area contributed by atoms with Crippen LogP contribution in [0.5, 0.6) is 0 Å². The summed E-state index contributed by atoms with van der Waals surface area (Å²) in [6.45, 7) is 0.000961. The lowest BCUT2D eigenvalue weighted by Crippen LogP contribution is -2.15. The van der Waals surface area contributed by atoms with Gasteiger partial charge in [0.25, 0.3) is 5.91 Å². The Bertz CT molecular complexity index is 1060. The van der Waals surface area contributed by atoms with Crippen LogP contribution in [-0.4, -0.2) is 34.4 Å². The number of hydrogen-bond acceptors (Lipinski definition) is 4. The summed E-state index contributed by atoms with van der Waals surface area (Å²) in [5.74, 6) is -0.509. The van der Waals surface area contributed by atoms with Gasteiger partial charge in [-0.2, -0.15) is 5.10 Å². The topological polar surface area (TPSA) is 93.2 Å². The molecule has 6 heteroatoms. The van der Waals surface area contributed by atoms with Crippen molar-refractivity contribution in [2.75, 3.05) is 19.0 Å². The van der Waals surface area contributed by atoms with Gasteiger partial charge < -0.3 is 16.2 Å². The molecule has 1 aliphatic rings. The Morgan fingerprint density at radius 3 is 2.71 bits per heavy atom. The monoisotopic (exact) mass is 374 g/mol. The van der Waals surface area contributed by atoms with Gasteiger partial charge in [0.05, 0.1) is 18.0 Å². The SMILES string of the molecule is CNc1ccc2c(c1)-c1c(c(C(N)=O)nn1-c1ccc(/C=C\CO)cc1)CC2. The standard InChI is InChI=1S/C22H22N4O2/c1-24-16-8-6-15-7-11-18-20(22(23)28)25-26(21(18)19(15)13-16)17-9-4-14(5-10-17)3-2-12-27/h2-6,8-10,13,24,27H,7,11-12H2,1H3,(H2,23,28)/b3-2-. The minimum absolute atomic E-state index is 0.000961. The number of fused-ring (bicyclic) bond motifs is 3. The van der Waals surface area contributed by atoms with Crippen molar-refractivity contribution in [1.29, 1.82) is 0 Å². The predicted molar refractivity (Wildman–Crippen MR) is 111 cm³/mol. The molecule has 0 aliphatic heterocycles. The predicted octanol–water partition coefficient (Wildman–Crippen LogP) is 2.78. The molecule has 0 unspecified atom stereocenters. The lowest BCUT2D eigenvalue weighted by atomic mass is 9.88. The Labute approximate surface area is 163 Å². The van der Waals surface area contributed by atoms with E-state index in [0.29, 0.717) is 5.69 Å². The molecular weight excluding hydrogens is 352 g/mol. The third kappa shape index (κ3) is 3.08. The molecule has 0 radical (unpaired) electrons. The molecule has 1 heterocycles. The average molecular weight is 374 g/mol. The van der Waals surface area contributed by atoms with E-state index in [2.05, 4.69) is 28.6 Å². The van der Waals surface area contributed by atoms with Gasteiger partial charge in [0.2, 0.25) is 0 Å². The second kappa shape index (κ2) is 7.32. The summed E-state index contributed by atoms with van der Waals surface area (Å²) >= 11 is 0. The first kappa shape index (κ1) is 18.0. The summed E-state index contributed by atoms with van der Waals surface area (Å²) in [4.78, 5) is 12.0. The number of aryl methyl sites for hydroxylation is 1. The Morgan fingerprint density at radius 1 is 1.25 bits per heavy atom. The van der Waals surface area contributed by atoms with Crippen LogP contribution >= 0.6 is 0 Å². The van der Waals surface area contributed by atoms with Gasteiger partial charge in [0, 0.05) is 23.9 Å². The number of nitrogens with one attached hydrogen (secondary N) is 1. The molecule has 0 bridgehead atoms. The number of aliphatic hydroxyl groups is 1. The van der Waals surface area contributed by atoms with E-state index in [4.69, 9.17) is 10.8 Å². The summed E-state index contributed by atoms with van der Waals surface area (Å²) in [5.41, 5.74) is 12.9. The quantitative estimate of drug-likeness (QED) is 0.640. The van der Waals surface area contributed by atoms with Crippen LogP contribution in [0.1, 0.15) is 27.2 Å². The van der Waals surface area contributed by atoms with E-state index in [1.807, 2.05) is 42.1 Å². The van der Waals surface area contributed by atoms with E-state index in [1.54, 1.807) is 6.08 Å². The maximum atomic E-state index is 12.0. The van der Waals surface area contributed by atoms with Gasteiger partial charge in [-0.05, 0) is 48.2 Å². The molecule has 2 aromatic carbocycles. The highest BCUT2D eigenvalue weighted by molar-refractivity contribution is 5.95. The van der Waals surface area contributed by atoms with Crippen LogP contribution in [0, 0.1) is 0 Å². The molecular formula is C22H22N4O2. The summed E-state index contributed by atoms with van der Waals surface area (Å²) in [7, 11) is 1.89. The van der Waals surface area contributed by atoms with Crippen molar-refractivity contribution in [1.82, 2.24) is 9.78 Å². The fourth-order valence-electron chi connectivity index (χ4n) is 3.69. The smallest absolute Gasteiger partial charge is 0.269 e. The van der Waals surface area contributed by atoms with Crippen molar-refractivity contribution in [3.8, 4) is 16.9 Å². The summed E-state index contributed by atoms with van der Waals surface area (Å²) < 4.78 is 1.81. The van der Waals surface area contributed by atoms with Crippen LogP contribution in [0.3, 0.4) is 0 Å². The van der Waals surface area contributed by atoms with E-state index < -0.39 is 5.91 Å². The number of hydrogen-bond donors (Lipinski definition) is 3. The normalized spacial score (nSPS) is 12.6. The van der Waals surface area contributed by atoms with Crippen LogP contribution in [-0.2, 0) is 12.8 Å². The largest absolute Gasteiger partial charge is 0.392 e. The second-order valence-corrected chi connectivity index (χ2v) is 6.75. The molecule has 3 aromatic rings. The number of benzene rings is 2. The van der Waals surface area contributed by atoms with Crippen molar-refractivity contribution < 1.29 is 9.90 Å². The molecule has 28 heavy (non-hydrogen) atoms. The van der Waals surface area contributed by atoms with Crippen LogP contribution in [0.4, 0.5) is 5.69 Å². The molecule has 0 saturated heterocycles. The molecule has 142 valence electrons. The van der Waals surface area contributed by atoms with Crippen molar-refractivity contribution in [2.45, 2.75) is 12.8 Å². The van der Waals surface area contributed by atoms with E-state index in [0.717, 1.165) is 46.6 Å². The van der Waals surface area contributed by atoms with Crippen LogP contribution in [0.25, 0.3) is 23.0 Å². The van der Waals surface area contributed by atoms with Crippen LogP contribution < -0.4 is 11.1 Å². The zero-order valence-corrected chi connectivity index (χ0v) is 15.6. The number of anilines is 1. The molecule has 1 amide bonds. The first-order valence-corrected chi connectivity index (χ1v) is 9.23. The molecule has 4 N–H and O–H groups in total. The molecule has 4 rings (SSSR count). The van der Waals surface area contributed by atoms with Gasteiger partial charge in [0.1, 0.15) is 0 Å². The van der Waals surface area contributed by atoms with E-state index in [1.165, 1.54) is 5.56 Å². The van der Waals surface area contributed by atoms with Gasteiger partial charge in [-0.15, -0.1) is 0 Å². The highest BCUT2D eigenvalue weighted by Crippen LogP contribution is 2.38. The number of primary amides is 1. The Kier molecular flexibility index (Phi) is 4.71. The van der Waals surface area contributed by atoms with Gasteiger partial charge >= 0.3 is 0 Å². The first-order chi connectivity index (χ1) is 13.6.